The third kappa shape index (κ3) is 1.76. The highest BCUT2D eigenvalue weighted by Crippen LogP contribution is 2.61. The van der Waals surface area contributed by atoms with Crippen molar-refractivity contribution in [1.82, 2.24) is 5.43 Å². The summed E-state index contributed by atoms with van der Waals surface area (Å²) in [7, 11) is 0. The maximum Gasteiger partial charge on any atom is 0.273 e. The number of hydrogen-bond acceptors (Lipinski definition) is 3. The van der Waals surface area contributed by atoms with E-state index in [-0.39, 0.29) is 11.3 Å². The molecule has 0 spiro atoms. The first-order chi connectivity index (χ1) is 10.7. The van der Waals surface area contributed by atoms with Crippen molar-refractivity contribution in [3.8, 4) is 0 Å². The number of rotatable bonds is 2. The van der Waals surface area contributed by atoms with E-state index in [1.165, 1.54) is 38.5 Å². The standard InChI is InChI=1S/C18H20N2O2/c21-17-15(7-14-2-1-3-22-14)16(19-20-17)18-8-11-4-12(9-18)6-13(5-11)10-18/h1-3,7,11-13H,4-6,8-10H2,(H,20,21). The highest BCUT2D eigenvalue weighted by molar-refractivity contribution is 6.29. The monoisotopic (exact) mass is 296 g/mol. The molecule has 0 unspecified atom stereocenters. The molecule has 0 atom stereocenters. The van der Waals surface area contributed by atoms with Gasteiger partial charge in [0.1, 0.15) is 5.76 Å². The molecule has 4 fully saturated rings. The minimum Gasteiger partial charge on any atom is -0.465 e. The SMILES string of the molecule is O=C1NN=C(C23CC4CC(CC(C4)C2)C3)C1=Cc1ccco1. The highest BCUT2D eigenvalue weighted by Gasteiger charge is 2.55. The van der Waals surface area contributed by atoms with Gasteiger partial charge < -0.3 is 4.42 Å². The smallest absolute Gasteiger partial charge is 0.273 e. The fourth-order valence-corrected chi connectivity index (χ4v) is 5.79. The van der Waals surface area contributed by atoms with Crippen LogP contribution in [0.2, 0.25) is 0 Å². The zero-order valence-electron chi connectivity index (χ0n) is 12.5. The van der Waals surface area contributed by atoms with Gasteiger partial charge in [-0.25, -0.2) is 5.43 Å². The average molecular weight is 296 g/mol. The second-order valence-electron chi connectivity index (χ2n) is 7.67. The third-order valence-corrected chi connectivity index (χ3v) is 6.14. The van der Waals surface area contributed by atoms with Crippen LogP contribution in [0.5, 0.6) is 0 Å². The van der Waals surface area contributed by atoms with Crippen LogP contribution in [0.1, 0.15) is 44.3 Å². The van der Waals surface area contributed by atoms with E-state index in [2.05, 4.69) is 10.5 Å². The van der Waals surface area contributed by atoms with Crippen LogP contribution in [0.4, 0.5) is 0 Å². The van der Waals surface area contributed by atoms with Crippen LogP contribution in [0.15, 0.2) is 33.5 Å². The number of furan rings is 1. The Morgan fingerprint density at radius 3 is 2.45 bits per heavy atom. The van der Waals surface area contributed by atoms with Crippen LogP contribution in [0.3, 0.4) is 0 Å². The normalized spacial score (nSPS) is 41.1. The van der Waals surface area contributed by atoms with Crippen molar-refractivity contribution in [2.24, 2.45) is 28.3 Å². The maximum absolute atomic E-state index is 12.3. The second kappa shape index (κ2) is 4.34. The summed E-state index contributed by atoms with van der Waals surface area (Å²) in [5.41, 5.74) is 4.55. The van der Waals surface area contributed by atoms with E-state index in [1.807, 2.05) is 18.2 Å². The van der Waals surface area contributed by atoms with E-state index in [9.17, 15) is 4.79 Å². The van der Waals surface area contributed by atoms with Crippen molar-refractivity contribution in [2.75, 3.05) is 0 Å². The fourth-order valence-electron chi connectivity index (χ4n) is 5.79. The van der Waals surface area contributed by atoms with Gasteiger partial charge in [0, 0.05) is 5.41 Å². The molecule has 4 nitrogen and oxygen atoms in total. The minimum atomic E-state index is -0.0813. The van der Waals surface area contributed by atoms with Gasteiger partial charge in [0.2, 0.25) is 0 Å². The summed E-state index contributed by atoms with van der Waals surface area (Å²) in [5, 5.41) is 4.48. The van der Waals surface area contributed by atoms with Crippen molar-refractivity contribution < 1.29 is 9.21 Å². The maximum atomic E-state index is 12.3. The summed E-state index contributed by atoms with van der Waals surface area (Å²) in [6.07, 6.45) is 11.3. The Morgan fingerprint density at radius 1 is 1.18 bits per heavy atom. The molecule has 4 heteroatoms. The van der Waals surface area contributed by atoms with Crippen molar-refractivity contribution in [3.05, 3.63) is 29.7 Å². The number of amides is 1. The van der Waals surface area contributed by atoms with Crippen molar-refractivity contribution in [2.45, 2.75) is 38.5 Å². The lowest BCUT2D eigenvalue weighted by Crippen LogP contribution is -2.50. The summed E-state index contributed by atoms with van der Waals surface area (Å²) in [6.45, 7) is 0. The van der Waals surface area contributed by atoms with Crippen LogP contribution in [0.25, 0.3) is 6.08 Å². The topological polar surface area (TPSA) is 54.6 Å². The number of hydrazone groups is 1. The summed E-state index contributed by atoms with van der Waals surface area (Å²) >= 11 is 0. The Kier molecular flexibility index (Phi) is 2.50. The molecule has 4 saturated carbocycles. The molecule has 5 aliphatic rings. The molecule has 1 N–H and O–H groups in total. The second-order valence-corrected chi connectivity index (χ2v) is 7.67. The molecule has 1 aliphatic heterocycles. The van der Waals surface area contributed by atoms with Gasteiger partial charge >= 0.3 is 0 Å². The van der Waals surface area contributed by atoms with Crippen LogP contribution >= 0.6 is 0 Å². The van der Waals surface area contributed by atoms with E-state index in [0.29, 0.717) is 0 Å². The first-order valence-corrected chi connectivity index (χ1v) is 8.36. The molecule has 114 valence electrons. The molecule has 1 amide bonds. The van der Waals surface area contributed by atoms with Crippen molar-refractivity contribution in [3.63, 3.8) is 0 Å². The van der Waals surface area contributed by atoms with Gasteiger partial charge in [0.15, 0.2) is 0 Å². The van der Waals surface area contributed by atoms with Crippen LogP contribution < -0.4 is 5.43 Å². The zero-order chi connectivity index (χ0) is 14.7. The Balaban J connectivity index is 1.55. The molecule has 1 aromatic heterocycles. The molecule has 4 aliphatic carbocycles. The molecule has 1 aromatic rings. The van der Waals surface area contributed by atoms with Crippen LogP contribution in [-0.2, 0) is 4.79 Å². The average Bonchev–Trinajstić information content (AvgIpc) is 3.09. The van der Waals surface area contributed by atoms with E-state index < -0.39 is 0 Å². The van der Waals surface area contributed by atoms with E-state index in [1.54, 1.807) is 6.26 Å². The predicted octanol–water partition coefficient (Wildman–Crippen LogP) is 3.37. The summed E-state index contributed by atoms with van der Waals surface area (Å²) in [6, 6.07) is 3.73. The van der Waals surface area contributed by atoms with E-state index in [4.69, 9.17) is 4.42 Å². The van der Waals surface area contributed by atoms with Gasteiger partial charge in [-0.1, -0.05) is 0 Å². The number of nitrogens with zero attached hydrogens (tertiary/aromatic N) is 1. The van der Waals surface area contributed by atoms with Gasteiger partial charge in [-0.3, -0.25) is 4.79 Å². The number of carbonyl (C=O) groups is 1. The van der Waals surface area contributed by atoms with Gasteiger partial charge in [-0.05, 0) is 74.5 Å². The van der Waals surface area contributed by atoms with Crippen LogP contribution in [-0.4, -0.2) is 11.6 Å². The van der Waals surface area contributed by atoms with E-state index in [0.717, 1.165) is 34.8 Å². The Hall–Kier alpha value is -1.84. The minimum absolute atomic E-state index is 0.0813. The largest absolute Gasteiger partial charge is 0.465 e. The van der Waals surface area contributed by atoms with E-state index >= 15 is 0 Å². The molecular weight excluding hydrogens is 276 g/mol. The molecule has 0 saturated heterocycles. The summed E-state index contributed by atoms with van der Waals surface area (Å²) in [5.74, 6) is 3.17. The lowest BCUT2D eigenvalue weighted by Gasteiger charge is -2.56. The molecule has 6 rings (SSSR count). The van der Waals surface area contributed by atoms with Crippen molar-refractivity contribution >= 4 is 17.7 Å². The van der Waals surface area contributed by atoms with Crippen molar-refractivity contribution in [1.29, 1.82) is 0 Å². The van der Waals surface area contributed by atoms with Gasteiger partial charge in [-0.2, -0.15) is 5.10 Å². The first-order valence-electron chi connectivity index (χ1n) is 8.36. The number of hydrogen-bond donors (Lipinski definition) is 1. The lowest BCUT2D eigenvalue weighted by atomic mass is 9.48. The fraction of sp³-hybridized carbons (Fsp3) is 0.556. The molecule has 4 bridgehead atoms. The van der Waals surface area contributed by atoms with Gasteiger partial charge in [-0.15, -0.1) is 0 Å². The number of carbonyl (C=O) groups excluding carboxylic acids is 1. The Bertz CT molecular complexity index is 649. The van der Waals surface area contributed by atoms with Gasteiger partial charge in [0.05, 0.1) is 17.5 Å². The molecule has 22 heavy (non-hydrogen) atoms. The number of nitrogens with one attached hydrogen (secondary N) is 1. The van der Waals surface area contributed by atoms with Crippen LogP contribution in [0, 0.1) is 23.2 Å². The van der Waals surface area contributed by atoms with Gasteiger partial charge in [0.25, 0.3) is 5.91 Å². The molecule has 0 aromatic carbocycles. The Morgan fingerprint density at radius 2 is 1.86 bits per heavy atom. The summed E-state index contributed by atoms with van der Waals surface area (Å²) in [4.78, 5) is 12.3. The highest BCUT2D eigenvalue weighted by atomic mass is 16.3. The molecular formula is C18H20N2O2. The summed E-state index contributed by atoms with van der Waals surface area (Å²) < 4.78 is 5.40. The quantitative estimate of drug-likeness (QED) is 0.851. The predicted molar refractivity (Wildman–Crippen MR) is 82.9 cm³/mol. The Labute approximate surface area is 129 Å². The molecule has 2 heterocycles. The first kappa shape index (κ1) is 12.7. The zero-order valence-corrected chi connectivity index (χ0v) is 12.5. The lowest BCUT2D eigenvalue weighted by molar-refractivity contribution is -0.116. The third-order valence-electron chi connectivity index (χ3n) is 6.14. The molecule has 0 radical (unpaired) electrons.